The maximum atomic E-state index is 10.5. The average molecular weight is 185 g/mol. The van der Waals surface area contributed by atoms with Crippen LogP contribution in [0.3, 0.4) is 0 Å². The summed E-state index contributed by atoms with van der Waals surface area (Å²) in [5, 5.41) is 0.670. The predicted molar refractivity (Wildman–Crippen MR) is 48.9 cm³/mol. The minimum Gasteiger partial charge on any atom is -0.299 e. The largest absolute Gasteiger partial charge is 0.299 e. The molecule has 0 fully saturated rings. The van der Waals surface area contributed by atoms with E-state index in [0.29, 0.717) is 5.02 Å². The summed E-state index contributed by atoms with van der Waals surface area (Å²) >= 11 is 5.66. The molecule has 0 unspecified atom stereocenters. The van der Waals surface area contributed by atoms with Crippen LogP contribution in [-0.2, 0) is 4.79 Å². The SMILES string of the molecule is CC(=O)NNc1ccc(Cl)cc1. The van der Waals surface area contributed by atoms with Crippen LogP contribution in [0.4, 0.5) is 5.69 Å². The van der Waals surface area contributed by atoms with Crippen LogP contribution in [0.1, 0.15) is 6.92 Å². The van der Waals surface area contributed by atoms with Gasteiger partial charge >= 0.3 is 0 Å². The van der Waals surface area contributed by atoms with Gasteiger partial charge in [0.15, 0.2) is 0 Å². The molecule has 1 amide bonds. The highest BCUT2D eigenvalue weighted by Crippen LogP contribution is 2.12. The van der Waals surface area contributed by atoms with E-state index in [2.05, 4.69) is 10.9 Å². The second-order valence-corrected chi connectivity index (χ2v) is 2.75. The third kappa shape index (κ3) is 2.80. The van der Waals surface area contributed by atoms with E-state index < -0.39 is 0 Å². The van der Waals surface area contributed by atoms with Crippen molar-refractivity contribution in [2.45, 2.75) is 6.92 Å². The summed E-state index contributed by atoms with van der Waals surface area (Å²) in [7, 11) is 0. The molecule has 0 heterocycles. The average Bonchev–Trinajstić information content (AvgIpc) is 2.03. The number of carbonyl (C=O) groups is 1. The van der Waals surface area contributed by atoms with Crippen molar-refractivity contribution < 1.29 is 4.79 Å². The number of nitrogens with one attached hydrogen (secondary N) is 2. The molecule has 2 N–H and O–H groups in total. The van der Waals surface area contributed by atoms with Crippen LogP contribution in [0.25, 0.3) is 0 Å². The quantitative estimate of drug-likeness (QED) is 0.689. The molecule has 0 aliphatic heterocycles. The summed E-state index contributed by atoms with van der Waals surface area (Å²) in [5.41, 5.74) is 5.96. The molecular formula is C8H9ClN2O. The molecule has 0 radical (unpaired) electrons. The lowest BCUT2D eigenvalue weighted by atomic mass is 10.3. The fourth-order valence-corrected chi connectivity index (χ4v) is 0.819. The fourth-order valence-electron chi connectivity index (χ4n) is 0.693. The second-order valence-electron chi connectivity index (χ2n) is 2.31. The maximum absolute atomic E-state index is 10.5. The molecule has 0 atom stereocenters. The van der Waals surface area contributed by atoms with Crippen molar-refractivity contribution >= 4 is 23.2 Å². The fraction of sp³-hybridized carbons (Fsp3) is 0.125. The third-order valence-corrected chi connectivity index (χ3v) is 1.48. The van der Waals surface area contributed by atoms with Crippen LogP contribution >= 0.6 is 11.6 Å². The summed E-state index contributed by atoms with van der Waals surface area (Å²) in [6.07, 6.45) is 0. The Balaban J connectivity index is 2.53. The normalized spacial score (nSPS) is 9.17. The first kappa shape index (κ1) is 8.87. The van der Waals surface area contributed by atoms with Gasteiger partial charge in [-0.2, -0.15) is 0 Å². The Morgan fingerprint density at radius 1 is 1.33 bits per heavy atom. The Labute approximate surface area is 75.7 Å². The molecule has 0 saturated carbocycles. The van der Waals surface area contributed by atoms with E-state index in [4.69, 9.17) is 11.6 Å². The molecule has 1 rings (SSSR count). The standard InChI is InChI=1S/C8H9ClN2O/c1-6(12)10-11-8-4-2-7(9)3-5-8/h2-5,11H,1H3,(H,10,12). The summed E-state index contributed by atoms with van der Waals surface area (Å²) in [6.45, 7) is 1.43. The first-order valence-corrected chi connectivity index (χ1v) is 3.84. The topological polar surface area (TPSA) is 41.1 Å². The van der Waals surface area contributed by atoms with Gasteiger partial charge in [-0.15, -0.1) is 0 Å². The highest BCUT2D eigenvalue weighted by atomic mass is 35.5. The van der Waals surface area contributed by atoms with Gasteiger partial charge in [-0.3, -0.25) is 15.6 Å². The number of halogens is 1. The van der Waals surface area contributed by atoms with Crippen LogP contribution in [-0.4, -0.2) is 5.91 Å². The Hall–Kier alpha value is -1.22. The van der Waals surface area contributed by atoms with E-state index >= 15 is 0 Å². The van der Waals surface area contributed by atoms with E-state index in [0.717, 1.165) is 5.69 Å². The minimum atomic E-state index is -0.134. The number of anilines is 1. The number of carbonyl (C=O) groups excluding carboxylic acids is 1. The predicted octanol–water partition coefficient (Wildman–Crippen LogP) is 1.80. The molecule has 3 nitrogen and oxygen atoms in total. The lowest BCUT2D eigenvalue weighted by Gasteiger charge is -2.05. The van der Waals surface area contributed by atoms with E-state index in [1.54, 1.807) is 24.3 Å². The zero-order valence-corrected chi connectivity index (χ0v) is 7.35. The summed E-state index contributed by atoms with van der Waals surface area (Å²) in [5.74, 6) is -0.134. The van der Waals surface area contributed by atoms with E-state index in [1.807, 2.05) is 0 Å². The summed E-state index contributed by atoms with van der Waals surface area (Å²) in [6, 6.07) is 7.04. The maximum Gasteiger partial charge on any atom is 0.235 e. The molecule has 12 heavy (non-hydrogen) atoms. The molecule has 0 aliphatic rings. The summed E-state index contributed by atoms with van der Waals surface area (Å²) < 4.78 is 0. The lowest BCUT2D eigenvalue weighted by Crippen LogP contribution is -2.26. The molecule has 0 spiro atoms. The lowest BCUT2D eigenvalue weighted by molar-refractivity contribution is -0.118. The number of amides is 1. The van der Waals surface area contributed by atoms with Gasteiger partial charge in [-0.1, -0.05) is 11.6 Å². The van der Waals surface area contributed by atoms with Crippen molar-refractivity contribution in [2.24, 2.45) is 0 Å². The first-order valence-electron chi connectivity index (χ1n) is 3.46. The Morgan fingerprint density at radius 2 is 1.92 bits per heavy atom. The van der Waals surface area contributed by atoms with Gasteiger partial charge in [0.1, 0.15) is 0 Å². The van der Waals surface area contributed by atoms with E-state index in [1.165, 1.54) is 6.92 Å². The number of benzene rings is 1. The van der Waals surface area contributed by atoms with Crippen LogP contribution in [0.15, 0.2) is 24.3 Å². The molecule has 4 heteroatoms. The van der Waals surface area contributed by atoms with Crippen LogP contribution in [0.5, 0.6) is 0 Å². The zero-order chi connectivity index (χ0) is 8.97. The smallest absolute Gasteiger partial charge is 0.235 e. The molecule has 1 aromatic carbocycles. The Kier molecular flexibility index (Phi) is 2.94. The van der Waals surface area contributed by atoms with Crippen molar-refractivity contribution in [2.75, 3.05) is 5.43 Å². The van der Waals surface area contributed by atoms with Crippen molar-refractivity contribution in [1.29, 1.82) is 0 Å². The summed E-state index contributed by atoms with van der Waals surface area (Å²) in [4.78, 5) is 10.5. The zero-order valence-electron chi connectivity index (χ0n) is 6.60. The molecule has 0 saturated heterocycles. The number of hydrogen-bond donors (Lipinski definition) is 2. The highest BCUT2D eigenvalue weighted by molar-refractivity contribution is 6.30. The first-order chi connectivity index (χ1) is 5.68. The monoisotopic (exact) mass is 184 g/mol. The van der Waals surface area contributed by atoms with E-state index in [9.17, 15) is 4.79 Å². The van der Waals surface area contributed by atoms with Gasteiger partial charge in [-0.05, 0) is 24.3 Å². The second kappa shape index (κ2) is 3.97. The molecule has 1 aromatic rings. The van der Waals surface area contributed by atoms with Crippen molar-refractivity contribution in [3.8, 4) is 0 Å². The van der Waals surface area contributed by atoms with Crippen molar-refractivity contribution in [3.05, 3.63) is 29.3 Å². The number of hydrazine groups is 1. The molecule has 0 aliphatic carbocycles. The van der Waals surface area contributed by atoms with Crippen molar-refractivity contribution in [3.63, 3.8) is 0 Å². The van der Waals surface area contributed by atoms with Crippen LogP contribution in [0, 0.1) is 0 Å². The Bertz CT molecular complexity index is 271. The highest BCUT2D eigenvalue weighted by Gasteiger charge is 1.91. The van der Waals surface area contributed by atoms with Crippen LogP contribution < -0.4 is 10.9 Å². The van der Waals surface area contributed by atoms with Gasteiger partial charge in [0, 0.05) is 11.9 Å². The van der Waals surface area contributed by atoms with E-state index in [-0.39, 0.29) is 5.91 Å². The van der Waals surface area contributed by atoms with Gasteiger partial charge in [0.05, 0.1) is 5.69 Å². The molecule has 0 aromatic heterocycles. The Morgan fingerprint density at radius 3 is 2.42 bits per heavy atom. The molecule has 0 bridgehead atoms. The van der Waals surface area contributed by atoms with Gasteiger partial charge in [-0.25, -0.2) is 0 Å². The van der Waals surface area contributed by atoms with Gasteiger partial charge in [0.2, 0.25) is 5.91 Å². The molecule has 64 valence electrons. The third-order valence-electron chi connectivity index (χ3n) is 1.23. The number of rotatable bonds is 2. The van der Waals surface area contributed by atoms with Gasteiger partial charge in [0.25, 0.3) is 0 Å². The van der Waals surface area contributed by atoms with Crippen LogP contribution in [0.2, 0.25) is 5.02 Å². The molecular weight excluding hydrogens is 176 g/mol. The van der Waals surface area contributed by atoms with Gasteiger partial charge < -0.3 is 0 Å². The van der Waals surface area contributed by atoms with Crippen molar-refractivity contribution in [1.82, 2.24) is 5.43 Å². The number of hydrogen-bond acceptors (Lipinski definition) is 2. The minimum absolute atomic E-state index is 0.134.